The molecule has 0 bridgehead atoms. The van der Waals surface area contributed by atoms with Crippen molar-refractivity contribution in [2.45, 2.75) is 113 Å². The van der Waals surface area contributed by atoms with Gasteiger partial charge in [-0.1, -0.05) is 172 Å². The third kappa shape index (κ3) is 9.11. The van der Waals surface area contributed by atoms with Crippen LogP contribution in [0.2, 0.25) is 0 Å². The van der Waals surface area contributed by atoms with Crippen molar-refractivity contribution >= 4 is 118 Å². The molecule has 0 radical (unpaired) electrons. The minimum atomic E-state index is -0.0983. The van der Waals surface area contributed by atoms with Gasteiger partial charge in [0.2, 0.25) is 0 Å². The Hall–Kier alpha value is -9.52. The molecular weight excluding hydrogens is 1080 g/mol. The maximum Gasteiger partial charge on any atom is 0.252 e. The van der Waals surface area contributed by atoms with Crippen molar-refractivity contribution in [3.8, 4) is 16.8 Å². The number of nitrogens with zero attached hydrogens (tertiary/aromatic N) is 4. The van der Waals surface area contributed by atoms with Crippen LogP contribution in [0, 0.1) is 34.6 Å². The molecule has 0 aliphatic carbocycles. The van der Waals surface area contributed by atoms with E-state index in [-0.39, 0.29) is 23.0 Å². The number of hydrogen-bond acceptors (Lipinski definition) is 4. The van der Waals surface area contributed by atoms with Crippen LogP contribution in [0.15, 0.2) is 217 Å². The van der Waals surface area contributed by atoms with Crippen LogP contribution in [0.25, 0.3) is 60.6 Å². The Morgan fingerprint density at radius 1 is 0.371 bits per heavy atom. The van der Waals surface area contributed by atoms with Gasteiger partial charge in [-0.05, 0) is 226 Å². The molecule has 438 valence electrons. The zero-order valence-electron chi connectivity index (χ0n) is 54.0. The fraction of sp³-hybridized carbons (Fsp3) is 0.205. The van der Waals surface area contributed by atoms with Crippen molar-refractivity contribution in [2.24, 2.45) is 0 Å². The molecular formula is C83H77BN4O. The highest BCUT2D eigenvalue weighted by Crippen LogP contribution is 2.50. The number of aromatic nitrogens is 1. The van der Waals surface area contributed by atoms with Gasteiger partial charge >= 0.3 is 0 Å². The molecule has 0 atom stereocenters. The summed E-state index contributed by atoms with van der Waals surface area (Å²) in [6.07, 6.45) is 0. The summed E-state index contributed by atoms with van der Waals surface area (Å²) in [6.45, 7) is 32.4. The van der Waals surface area contributed by atoms with Crippen molar-refractivity contribution in [1.29, 1.82) is 0 Å². The summed E-state index contributed by atoms with van der Waals surface area (Å²) >= 11 is 0. The van der Waals surface area contributed by atoms with Gasteiger partial charge in [0, 0.05) is 67.0 Å². The van der Waals surface area contributed by atoms with Crippen molar-refractivity contribution in [3.05, 3.63) is 257 Å². The highest BCUT2D eigenvalue weighted by molar-refractivity contribution is 7.00. The van der Waals surface area contributed by atoms with E-state index >= 15 is 0 Å². The standard InChI is InChI=1S/C83H77BN4O/c1-50-40-74-78-75(41-50)88(80-51(2)42-56(43-52(80)3)55-28-36-67-66-25-19-21-27-76(66)89-77(67)46-55)71-39-31-58(82(9,10)11)47-69(71)84(78)68-38-35-63(49-73(68)87(74)61-32-29-57(30-33-61)81(6,7)8)85(79-53(4)44-59(45-54(79)5)83(12,13)14)62-34-37-65-64-24-18-20-26-70(64)86(72(65)48-62)60-22-16-15-17-23-60/h15-49H,1-14H3. The molecule has 0 unspecified atom stereocenters. The first kappa shape index (κ1) is 56.0. The van der Waals surface area contributed by atoms with E-state index in [4.69, 9.17) is 4.42 Å². The maximum absolute atomic E-state index is 6.45. The van der Waals surface area contributed by atoms with E-state index < -0.39 is 0 Å². The minimum absolute atomic E-state index is 0.0222. The second-order valence-corrected chi connectivity index (χ2v) is 28.6. The fourth-order valence-electron chi connectivity index (χ4n) is 14.8. The van der Waals surface area contributed by atoms with Crippen LogP contribution in [0.3, 0.4) is 0 Å². The van der Waals surface area contributed by atoms with E-state index in [0.29, 0.717) is 0 Å². The number of benzene rings is 11. The van der Waals surface area contributed by atoms with Crippen molar-refractivity contribution in [3.63, 3.8) is 0 Å². The van der Waals surface area contributed by atoms with Crippen molar-refractivity contribution in [2.75, 3.05) is 14.7 Å². The molecule has 2 aliphatic heterocycles. The van der Waals surface area contributed by atoms with Crippen LogP contribution < -0.4 is 31.1 Å². The number of para-hydroxylation sites is 3. The Morgan fingerprint density at radius 2 is 0.955 bits per heavy atom. The smallest absolute Gasteiger partial charge is 0.252 e. The summed E-state index contributed by atoms with van der Waals surface area (Å²) in [5.41, 5.74) is 31.9. The van der Waals surface area contributed by atoms with Gasteiger partial charge in [-0.3, -0.25) is 0 Å². The van der Waals surface area contributed by atoms with Crippen molar-refractivity contribution in [1.82, 2.24) is 4.57 Å². The molecule has 4 heterocycles. The summed E-state index contributed by atoms with van der Waals surface area (Å²) in [7, 11) is 0. The molecule has 2 aromatic heterocycles. The molecule has 2 aliphatic rings. The van der Waals surface area contributed by atoms with E-state index in [2.05, 4.69) is 322 Å². The monoisotopic (exact) mass is 1160 g/mol. The molecule has 0 amide bonds. The highest BCUT2D eigenvalue weighted by atomic mass is 16.3. The number of aryl methyl sites for hydroxylation is 5. The van der Waals surface area contributed by atoms with E-state index in [1.807, 2.05) is 6.07 Å². The lowest BCUT2D eigenvalue weighted by atomic mass is 9.33. The van der Waals surface area contributed by atoms with Crippen LogP contribution >= 0.6 is 0 Å². The summed E-state index contributed by atoms with van der Waals surface area (Å²) in [5.74, 6) is 0. The third-order valence-electron chi connectivity index (χ3n) is 19.2. The molecule has 89 heavy (non-hydrogen) atoms. The van der Waals surface area contributed by atoms with Gasteiger partial charge in [0.05, 0.1) is 22.4 Å². The van der Waals surface area contributed by atoms with E-state index in [1.54, 1.807) is 0 Å². The van der Waals surface area contributed by atoms with Crippen LogP contribution in [-0.4, -0.2) is 11.3 Å². The Morgan fingerprint density at radius 3 is 1.65 bits per heavy atom. The molecule has 0 N–H and O–H groups in total. The zero-order chi connectivity index (χ0) is 61.7. The average Bonchev–Trinajstić information content (AvgIpc) is 1.35. The van der Waals surface area contributed by atoms with Gasteiger partial charge in [0.25, 0.3) is 6.71 Å². The minimum Gasteiger partial charge on any atom is -0.456 e. The molecule has 13 aromatic rings. The van der Waals surface area contributed by atoms with Gasteiger partial charge in [-0.25, -0.2) is 0 Å². The molecule has 15 rings (SSSR count). The summed E-state index contributed by atoms with van der Waals surface area (Å²) in [6, 6.07) is 80.6. The number of anilines is 9. The first-order chi connectivity index (χ1) is 42.6. The van der Waals surface area contributed by atoms with E-state index in [1.165, 1.54) is 122 Å². The van der Waals surface area contributed by atoms with Crippen LogP contribution in [0.1, 0.15) is 107 Å². The number of hydrogen-bond donors (Lipinski definition) is 0. The molecule has 5 nitrogen and oxygen atoms in total. The maximum atomic E-state index is 6.45. The second-order valence-electron chi connectivity index (χ2n) is 28.6. The van der Waals surface area contributed by atoms with Crippen LogP contribution in [0.5, 0.6) is 0 Å². The van der Waals surface area contributed by atoms with Crippen molar-refractivity contribution < 1.29 is 4.42 Å². The Balaban J connectivity index is 0.974. The average molecular weight is 1160 g/mol. The summed E-state index contributed by atoms with van der Waals surface area (Å²) in [4.78, 5) is 7.76. The quantitative estimate of drug-likeness (QED) is 0.149. The SMILES string of the molecule is Cc1cc2c3c(c1)N(c1c(C)cc(-c4ccc5c(c4)oc4ccccc45)cc1C)c1ccc(C(C)(C)C)cc1B3c1ccc(N(c3ccc4c5ccccc5n(-c5ccccc5)c4c3)c3c(C)cc(C(C)(C)C)cc3C)cc1N2c1ccc(C(C)(C)C)cc1. The topological polar surface area (TPSA) is 27.8 Å². The summed E-state index contributed by atoms with van der Waals surface area (Å²) < 4.78 is 8.89. The van der Waals surface area contributed by atoms with Gasteiger partial charge < -0.3 is 23.7 Å². The molecule has 6 heteroatoms. The molecule has 0 spiro atoms. The molecule has 11 aromatic carbocycles. The predicted molar refractivity (Wildman–Crippen MR) is 382 cm³/mol. The lowest BCUT2D eigenvalue weighted by Crippen LogP contribution is -2.61. The van der Waals surface area contributed by atoms with Gasteiger partial charge in [-0.2, -0.15) is 0 Å². The van der Waals surface area contributed by atoms with Gasteiger partial charge in [-0.15, -0.1) is 0 Å². The predicted octanol–water partition coefficient (Wildman–Crippen LogP) is 21.3. The lowest BCUT2D eigenvalue weighted by Gasteiger charge is -2.45. The second kappa shape index (κ2) is 20.3. The molecule has 0 saturated heterocycles. The van der Waals surface area contributed by atoms with E-state index in [9.17, 15) is 0 Å². The first-order valence-corrected chi connectivity index (χ1v) is 31.8. The van der Waals surface area contributed by atoms with Crippen LogP contribution in [-0.2, 0) is 16.2 Å². The zero-order valence-corrected chi connectivity index (χ0v) is 54.0. The molecule has 0 fully saturated rings. The largest absolute Gasteiger partial charge is 0.456 e. The third-order valence-corrected chi connectivity index (χ3v) is 19.2. The normalized spacial score (nSPS) is 13.2. The Kier molecular flexibility index (Phi) is 12.8. The highest BCUT2D eigenvalue weighted by Gasteiger charge is 2.45. The van der Waals surface area contributed by atoms with Gasteiger partial charge in [0.15, 0.2) is 0 Å². The fourth-order valence-corrected chi connectivity index (χ4v) is 14.8. The first-order valence-electron chi connectivity index (χ1n) is 31.8. The van der Waals surface area contributed by atoms with Crippen LogP contribution in [0.4, 0.5) is 51.2 Å². The summed E-state index contributed by atoms with van der Waals surface area (Å²) in [5, 5.41) is 4.75. The Bertz CT molecular complexity index is 4990. The number of rotatable bonds is 7. The molecule has 0 saturated carbocycles. The lowest BCUT2D eigenvalue weighted by molar-refractivity contribution is 0.589. The number of fused-ring (bicyclic) bond motifs is 10. The van der Waals surface area contributed by atoms with E-state index in [0.717, 1.165) is 50.3 Å². The van der Waals surface area contributed by atoms with Gasteiger partial charge in [0.1, 0.15) is 11.2 Å². The number of furan rings is 1. The Labute approximate surface area is 525 Å².